The van der Waals surface area contributed by atoms with Gasteiger partial charge < -0.3 is 24.4 Å². The quantitative estimate of drug-likeness (QED) is 0.734. The molecule has 1 fully saturated rings. The second kappa shape index (κ2) is 9.23. The van der Waals surface area contributed by atoms with Crippen LogP contribution in [0.1, 0.15) is 5.56 Å². The predicted molar refractivity (Wildman–Crippen MR) is 103 cm³/mol. The second-order valence-corrected chi connectivity index (χ2v) is 6.25. The first-order valence-electron chi connectivity index (χ1n) is 8.99. The molecule has 0 bridgehead atoms. The minimum Gasteiger partial charge on any atom is -0.493 e. The van der Waals surface area contributed by atoms with Crippen molar-refractivity contribution >= 4 is 11.7 Å². The highest BCUT2D eigenvalue weighted by atomic mass is 16.5. The van der Waals surface area contributed by atoms with Crippen molar-refractivity contribution in [1.82, 2.24) is 15.1 Å². The van der Waals surface area contributed by atoms with E-state index in [1.54, 1.807) is 32.4 Å². The Balaban J connectivity index is 1.62. The largest absolute Gasteiger partial charge is 0.493 e. The number of amides is 1. The minimum atomic E-state index is -0.321. The third-order valence-electron chi connectivity index (χ3n) is 4.42. The number of hydrogen-bond acceptors (Lipinski definition) is 7. The molecular formula is C19H24N4O5. The molecule has 9 heteroatoms. The van der Waals surface area contributed by atoms with E-state index in [1.165, 1.54) is 10.7 Å². The van der Waals surface area contributed by atoms with Crippen LogP contribution in [0.5, 0.6) is 11.5 Å². The van der Waals surface area contributed by atoms with Gasteiger partial charge in [0.05, 0.1) is 27.4 Å². The molecule has 0 saturated carbocycles. The number of hydrogen-bond donors (Lipinski definition) is 1. The van der Waals surface area contributed by atoms with Crippen LogP contribution >= 0.6 is 0 Å². The molecule has 1 aromatic heterocycles. The SMILES string of the molecule is COc1ccc(CNC(=O)Cn2nc(N3CCOCC3)ccc2=O)cc1OC. The number of nitrogens with zero attached hydrogens (tertiary/aromatic N) is 3. The maximum absolute atomic E-state index is 12.3. The van der Waals surface area contributed by atoms with Gasteiger partial charge in [0.25, 0.3) is 5.56 Å². The molecule has 1 aromatic carbocycles. The number of methoxy groups -OCH3 is 2. The molecule has 0 atom stereocenters. The van der Waals surface area contributed by atoms with Crippen molar-refractivity contribution in [3.05, 3.63) is 46.2 Å². The number of ether oxygens (including phenoxy) is 3. The van der Waals surface area contributed by atoms with Gasteiger partial charge in [-0.25, -0.2) is 4.68 Å². The molecular weight excluding hydrogens is 364 g/mol. The first kappa shape index (κ1) is 19.7. The maximum Gasteiger partial charge on any atom is 0.267 e. The van der Waals surface area contributed by atoms with E-state index >= 15 is 0 Å². The van der Waals surface area contributed by atoms with Gasteiger partial charge in [-0.3, -0.25) is 9.59 Å². The Hall–Kier alpha value is -3.07. The summed E-state index contributed by atoms with van der Waals surface area (Å²) in [5, 5.41) is 7.11. The van der Waals surface area contributed by atoms with Crippen LogP contribution in [0.2, 0.25) is 0 Å². The summed E-state index contributed by atoms with van der Waals surface area (Å²) in [6, 6.07) is 8.51. The molecule has 28 heavy (non-hydrogen) atoms. The van der Waals surface area contributed by atoms with Crippen LogP contribution in [0.4, 0.5) is 5.82 Å². The molecule has 0 unspecified atom stereocenters. The van der Waals surface area contributed by atoms with E-state index in [-0.39, 0.29) is 18.0 Å². The van der Waals surface area contributed by atoms with Gasteiger partial charge >= 0.3 is 0 Å². The Kier molecular flexibility index (Phi) is 6.49. The molecule has 150 valence electrons. The Labute approximate surface area is 162 Å². The summed E-state index contributed by atoms with van der Waals surface area (Å²) < 4.78 is 17.0. The van der Waals surface area contributed by atoms with Gasteiger partial charge in [-0.1, -0.05) is 6.07 Å². The van der Waals surface area contributed by atoms with E-state index in [4.69, 9.17) is 14.2 Å². The zero-order chi connectivity index (χ0) is 19.9. The van der Waals surface area contributed by atoms with Gasteiger partial charge in [-0.05, 0) is 23.8 Å². The van der Waals surface area contributed by atoms with Crippen LogP contribution in [0.3, 0.4) is 0 Å². The zero-order valence-electron chi connectivity index (χ0n) is 16.0. The highest BCUT2D eigenvalue weighted by molar-refractivity contribution is 5.75. The summed E-state index contributed by atoms with van der Waals surface area (Å²) in [4.78, 5) is 26.4. The summed E-state index contributed by atoms with van der Waals surface area (Å²) in [7, 11) is 3.12. The fourth-order valence-corrected chi connectivity index (χ4v) is 2.90. The standard InChI is InChI=1S/C19H24N4O5/c1-26-15-4-3-14(11-16(15)27-2)12-20-18(24)13-23-19(25)6-5-17(21-23)22-7-9-28-10-8-22/h3-6,11H,7-10,12-13H2,1-2H3,(H,20,24). The lowest BCUT2D eigenvalue weighted by atomic mass is 10.2. The van der Waals surface area contributed by atoms with Crippen LogP contribution in [-0.2, 0) is 22.6 Å². The van der Waals surface area contributed by atoms with Crippen LogP contribution < -0.4 is 25.2 Å². The fourth-order valence-electron chi connectivity index (χ4n) is 2.90. The van der Waals surface area contributed by atoms with E-state index in [9.17, 15) is 9.59 Å². The lowest BCUT2D eigenvalue weighted by Crippen LogP contribution is -2.39. The Morgan fingerprint density at radius 1 is 1.14 bits per heavy atom. The van der Waals surface area contributed by atoms with Gasteiger partial charge in [-0.2, -0.15) is 5.10 Å². The number of carbonyl (C=O) groups excluding carboxylic acids is 1. The van der Waals surface area contributed by atoms with Crippen molar-refractivity contribution < 1.29 is 19.0 Å². The van der Waals surface area contributed by atoms with E-state index in [1.807, 2.05) is 11.0 Å². The Morgan fingerprint density at radius 2 is 1.89 bits per heavy atom. The molecule has 9 nitrogen and oxygen atoms in total. The third-order valence-corrected chi connectivity index (χ3v) is 4.42. The molecule has 3 rings (SSSR count). The average Bonchev–Trinajstić information content (AvgIpc) is 2.74. The summed E-state index contributed by atoms with van der Waals surface area (Å²) >= 11 is 0. The number of carbonyl (C=O) groups is 1. The van der Waals surface area contributed by atoms with Crippen molar-refractivity contribution in [1.29, 1.82) is 0 Å². The average molecular weight is 388 g/mol. The summed E-state index contributed by atoms with van der Waals surface area (Å²) in [5.74, 6) is 1.57. The third kappa shape index (κ3) is 4.80. The smallest absolute Gasteiger partial charge is 0.267 e. The van der Waals surface area contributed by atoms with Crippen LogP contribution in [0, 0.1) is 0 Å². The molecule has 2 aromatic rings. The van der Waals surface area contributed by atoms with Crippen molar-refractivity contribution in [2.24, 2.45) is 0 Å². The number of nitrogens with one attached hydrogen (secondary N) is 1. The highest BCUT2D eigenvalue weighted by Gasteiger charge is 2.14. The van der Waals surface area contributed by atoms with Crippen LogP contribution in [0.15, 0.2) is 35.1 Å². The first-order chi connectivity index (χ1) is 13.6. The Bertz CT molecular complexity index is 877. The summed E-state index contributed by atoms with van der Waals surface area (Å²) in [6.45, 7) is 2.80. The monoisotopic (exact) mass is 388 g/mol. The number of anilines is 1. The van der Waals surface area contributed by atoms with E-state index in [0.717, 1.165) is 5.56 Å². The molecule has 0 aliphatic carbocycles. The van der Waals surface area contributed by atoms with Crippen molar-refractivity contribution in [3.8, 4) is 11.5 Å². The number of aromatic nitrogens is 2. The molecule has 1 aliphatic rings. The maximum atomic E-state index is 12.3. The normalized spacial score (nSPS) is 13.9. The molecule has 1 aliphatic heterocycles. The fraction of sp³-hybridized carbons (Fsp3) is 0.421. The zero-order valence-corrected chi connectivity index (χ0v) is 16.0. The van der Waals surface area contributed by atoms with Gasteiger partial charge in [0.1, 0.15) is 12.4 Å². The molecule has 0 spiro atoms. The number of benzene rings is 1. The van der Waals surface area contributed by atoms with Gasteiger partial charge in [0.15, 0.2) is 11.5 Å². The van der Waals surface area contributed by atoms with Crippen molar-refractivity contribution in [3.63, 3.8) is 0 Å². The molecule has 1 saturated heterocycles. The number of rotatable bonds is 7. The second-order valence-electron chi connectivity index (χ2n) is 6.25. The van der Waals surface area contributed by atoms with Crippen LogP contribution in [0.25, 0.3) is 0 Å². The van der Waals surface area contributed by atoms with E-state index in [0.29, 0.717) is 50.2 Å². The number of morpholine rings is 1. The van der Waals surface area contributed by atoms with Crippen LogP contribution in [-0.4, -0.2) is 56.2 Å². The Morgan fingerprint density at radius 3 is 2.61 bits per heavy atom. The summed E-state index contributed by atoms with van der Waals surface area (Å²) in [5.41, 5.74) is 0.534. The molecule has 2 heterocycles. The predicted octanol–water partition coefficient (Wildman–Crippen LogP) is 0.414. The molecule has 0 radical (unpaired) electrons. The van der Waals surface area contributed by atoms with Gasteiger partial charge in [0.2, 0.25) is 5.91 Å². The van der Waals surface area contributed by atoms with Gasteiger partial charge in [0, 0.05) is 25.7 Å². The summed E-state index contributed by atoms with van der Waals surface area (Å²) in [6.07, 6.45) is 0. The molecule has 1 N–H and O–H groups in total. The minimum absolute atomic E-state index is 0.149. The lowest BCUT2D eigenvalue weighted by molar-refractivity contribution is -0.122. The van der Waals surface area contributed by atoms with E-state index in [2.05, 4.69) is 10.4 Å². The van der Waals surface area contributed by atoms with Crippen molar-refractivity contribution in [2.45, 2.75) is 13.1 Å². The topological polar surface area (TPSA) is 94.9 Å². The highest BCUT2D eigenvalue weighted by Crippen LogP contribution is 2.27. The van der Waals surface area contributed by atoms with E-state index < -0.39 is 0 Å². The molecule has 1 amide bonds. The van der Waals surface area contributed by atoms with Crippen molar-refractivity contribution in [2.75, 3.05) is 45.4 Å². The lowest BCUT2D eigenvalue weighted by Gasteiger charge is -2.27. The van der Waals surface area contributed by atoms with Gasteiger partial charge in [-0.15, -0.1) is 0 Å². The first-order valence-corrected chi connectivity index (χ1v) is 8.99.